The van der Waals surface area contributed by atoms with Crippen molar-refractivity contribution < 1.29 is 9.60 Å². The fourth-order valence-electron chi connectivity index (χ4n) is 1.92. The lowest BCUT2D eigenvalue weighted by Crippen LogP contribution is -2.18. The normalized spacial score (nSPS) is 11.4. The predicted octanol–water partition coefficient (Wildman–Crippen LogP) is 2.56. The van der Waals surface area contributed by atoms with Gasteiger partial charge < -0.3 is 15.8 Å². The van der Waals surface area contributed by atoms with E-state index in [4.69, 9.17) is 10.9 Å². The van der Waals surface area contributed by atoms with Crippen molar-refractivity contribution in [2.45, 2.75) is 6.54 Å². The molecule has 0 unspecified atom stereocenters. The summed E-state index contributed by atoms with van der Waals surface area (Å²) >= 11 is 0. The highest BCUT2D eigenvalue weighted by Gasteiger charge is 2.05. The first-order valence-corrected chi connectivity index (χ1v) is 6.13. The quantitative estimate of drug-likeness (QED) is 0.389. The van der Waals surface area contributed by atoms with Gasteiger partial charge >= 0.3 is 0 Å². The summed E-state index contributed by atoms with van der Waals surface area (Å²) in [7, 11) is 1.93. The highest BCUT2D eigenvalue weighted by molar-refractivity contribution is 5.97. The maximum Gasteiger partial charge on any atom is 0.170 e. The summed E-state index contributed by atoms with van der Waals surface area (Å²) in [4.78, 5) is 2.00. The van der Waals surface area contributed by atoms with E-state index in [-0.39, 0.29) is 11.7 Å². The monoisotopic (exact) mass is 273 g/mol. The van der Waals surface area contributed by atoms with Gasteiger partial charge in [0.2, 0.25) is 0 Å². The van der Waals surface area contributed by atoms with Crippen LogP contribution in [-0.4, -0.2) is 18.1 Å². The molecule has 104 valence electrons. The Morgan fingerprint density at radius 2 is 1.95 bits per heavy atom. The molecule has 0 aromatic heterocycles. The molecule has 0 saturated carbocycles. The molecule has 0 aliphatic carbocycles. The van der Waals surface area contributed by atoms with Crippen molar-refractivity contribution in [2.24, 2.45) is 10.9 Å². The van der Waals surface area contributed by atoms with Crippen LogP contribution in [0.15, 0.2) is 53.7 Å². The fourth-order valence-corrected chi connectivity index (χ4v) is 1.92. The van der Waals surface area contributed by atoms with Crippen LogP contribution in [0, 0.1) is 5.82 Å². The van der Waals surface area contributed by atoms with E-state index >= 15 is 0 Å². The van der Waals surface area contributed by atoms with Crippen molar-refractivity contribution in [1.82, 2.24) is 0 Å². The first-order chi connectivity index (χ1) is 9.60. The molecule has 0 aliphatic rings. The molecule has 0 atom stereocenters. The second-order valence-electron chi connectivity index (χ2n) is 4.52. The zero-order valence-corrected chi connectivity index (χ0v) is 11.1. The molecule has 4 nitrogen and oxygen atoms in total. The third kappa shape index (κ3) is 3.26. The Bertz CT molecular complexity index is 611. The van der Waals surface area contributed by atoms with Gasteiger partial charge in [-0.3, -0.25) is 0 Å². The van der Waals surface area contributed by atoms with Gasteiger partial charge in [-0.25, -0.2) is 4.39 Å². The van der Waals surface area contributed by atoms with Crippen molar-refractivity contribution in [3.8, 4) is 0 Å². The first-order valence-electron chi connectivity index (χ1n) is 6.13. The van der Waals surface area contributed by atoms with E-state index < -0.39 is 0 Å². The fraction of sp³-hybridized carbons (Fsp3) is 0.133. The minimum atomic E-state index is -0.245. The Balaban J connectivity index is 2.16. The molecule has 0 spiro atoms. The van der Waals surface area contributed by atoms with E-state index in [1.165, 1.54) is 12.1 Å². The topological polar surface area (TPSA) is 61.8 Å². The van der Waals surface area contributed by atoms with Gasteiger partial charge in [0, 0.05) is 24.8 Å². The SMILES string of the molecule is CN(Cc1ccc(F)cc1)c1cccc(C(N)=NO)c1. The number of benzene rings is 2. The van der Waals surface area contributed by atoms with Crippen LogP contribution in [0.5, 0.6) is 0 Å². The van der Waals surface area contributed by atoms with Gasteiger partial charge in [-0.1, -0.05) is 29.4 Å². The minimum Gasteiger partial charge on any atom is -0.409 e. The number of halogens is 1. The van der Waals surface area contributed by atoms with Crippen LogP contribution in [0.1, 0.15) is 11.1 Å². The van der Waals surface area contributed by atoms with Gasteiger partial charge in [0.05, 0.1) is 0 Å². The van der Waals surface area contributed by atoms with Gasteiger partial charge in [-0.2, -0.15) is 0 Å². The molecule has 20 heavy (non-hydrogen) atoms. The molecule has 2 rings (SSSR count). The van der Waals surface area contributed by atoms with Crippen molar-refractivity contribution in [1.29, 1.82) is 0 Å². The molecule has 0 radical (unpaired) electrons. The van der Waals surface area contributed by atoms with E-state index in [0.29, 0.717) is 12.1 Å². The minimum absolute atomic E-state index is 0.0713. The molecule has 2 aromatic carbocycles. The van der Waals surface area contributed by atoms with Crippen molar-refractivity contribution in [2.75, 3.05) is 11.9 Å². The highest BCUT2D eigenvalue weighted by Crippen LogP contribution is 2.17. The standard InChI is InChI=1S/C15H16FN3O/c1-19(10-11-5-7-13(16)8-6-11)14-4-2-3-12(9-14)15(17)18-20/h2-9,20H,10H2,1H3,(H2,17,18). The van der Waals surface area contributed by atoms with Gasteiger partial charge in [0.15, 0.2) is 5.84 Å². The van der Waals surface area contributed by atoms with Gasteiger partial charge in [0.25, 0.3) is 0 Å². The lowest BCUT2D eigenvalue weighted by molar-refractivity contribution is 0.318. The molecule has 5 heteroatoms. The van der Waals surface area contributed by atoms with E-state index in [9.17, 15) is 4.39 Å². The number of rotatable bonds is 4. The summed E-state index contributed by atoms with van der Waals surface area (Å²) in [6, 6.07) is 13.7. The number of amidine groups is 1. The number of anilines is 1. The molecule has 0 aliphatic heterocycles. The summed E-state index contributed by atoms with van der Waals surface area (Å²) in [6.45, 7) is 0.639. The zero-order chi connectivity index (χ0) is 14.5. The van der Waals surface area contributed by atoms with E-state index in [0.717, 1.165) is 11.3 Å². The van der Waals surface area contributed by atoms with E-state index in [1.54, 1.807) is 18.2 Å². The molecule has 0 saturated heterocycles. The van der Waals surface area contributed by atoms with E-state index in [2.05, 4.69) is 5.16 Å². The number of nitrogens with zero attached hydrogens (tertiary/aromatic N) is 2. The van der Waals surface area contributed by atoms with Gasteiger partial charge in [-0.05, 0) is 29.8 Å². The second kappa shape index (κ2) is 6.06. The van der Waals surface area contributed by atoms with Crippen molar-refractivity contribution in [3.63, 3.8) is 0 Å². The average molecular weight is 273 g/mol. The van der Waals surface area contributed by atoms with Crippen LogP contribution < -0.4 is 10.6 Å². The summed E-state index contributed by atoms with van der Waals surface area (Å²) < 4.78 is 12.9. The third-order valence-electron chi connectivity index (χ3n) is 3.02. The smallest absolute Gasteiger partial charge is 0.170 e. The molecular weight excluding hydrogens is 257 g/mol. The summed E-state index contributed by atoms with van der Waals surface area (Å²) in [5.74, 6) is -0.174. The van der Waals surface area contributed by atoms with Crippen LogP contribution in [0.25, 0.3) is 0 Å². The van der Waals surface area contributed by atoms with Crippen LogP contribution in [-0.2, 0) is 6.54 Å². The summed E-state index contributed by atoms with van der Waals surface area (Å²) in [6.07, 6.45) is 0. The van der Waals surface area contributed by atoms with Gasteiger partial charge in [-0.15, -0.1) is 0 Å². The Hall–Kier alpha value is -2.56. The maximum atomic E-state index is 12.9. The van der Waals surface area contributed by atoms with Crippen LogP contribution in [0.3, 0.4) is 0 Å². The second-order valence-corrected chi connectivity index (χ2v) is 4.52. The third-order valence-corrected chi connectivity index (χ3v) is 3.02. The Morgan fingerprint density at radius 1 is 1.25 bits per heavy atom. The lowest BCUT2D eigenvalue weighted by atomic mass is 10.1. The van der Waals surface area contributed by atoms with Crippen molar-refractivity contribution in [3.05, 3.63) is 65.5 Å². The van der Waals surface area contributed by atoms with Crippen molar-refractivity contribution >= 4 is 11.5 Å². The summed E-state index contributed by atoms with van der Waals surface area (Å²) in [5.41, 5.74) is 8.15. The Labute approximate surface area is 116 Å². The summed E-state index contributed by atoms with van der Waals surface area (Å²) in [5, 5.41) is 11.7. The van der Waals surface area contributed by atoms with Gasteiger partial charge in [0.1, 0.15) is 5.82 Å². The number of nitrogens with two attached hydrogens (primary N) is 1. The van der Waals surface area contributed by atoms with Crippen LogP contribution in [0.4, 0.5) is 10.1 Å². The molecule has 0 amide bonds. The number of hydrogen-bond acceptors (Lipinski definition) is 3. The molecule has 0 bridgehead atoms. The van der Waals surface area contributed by atoms with E-state index in [1.807, 2.05) is 30.1 Å². The molecule has 2 aromatic rings. The molecular formula is C15H16FN3O. The number of hydrogen-bond donors (Lipinski definition) is 2. The Morgan fingerprint density at radius 3 is 2.60 bits per heavy atom. The van der Waals surface area contributed by atoms with Crippen LogP contribution in [0.2, 0.25) is 0 Å². The average Bonchev–Trinajstić information content (AvgIpc) is 2.49. The molecule has 0 heterocycles. The number of oxime groups is 1. The molecule has 0 fully saturated rings. The maximum absolute atomic E-state index is 12.9. The molecule has 3 N–H and O–H groups in total. The predicted molar refractivity (Wildman–Crippen MR) is 77.5 cm³/mol. The first kappa shape index (κ1) is 13.9. The zero-order valence-electron chi connectivity index (χ0n) is 11.1. The van der Waals surface area contributed by atoms with Crippen LogP contribution >= 0.6 is 0 Å². The largest absolute Gasteiger partial charge is 0.409 e. The highest BCUT2D eigenvalue weighted by atomic mass is 19.1. The lowest BCUT2D eigenvalue weighted by Gasteiger charge is -2.20. The Kier molecular flexibility index (Phi) is 4.20.